The van der Waals surface area contributed by atoms with Crippen LogP contribution in [0, 0.1) is 0 Å². The van der Waals surface area contributed by atoms with E-state index in [9.17, 15) is 0 Å². The molecule has 0 saturated carbocycles. The van der Waals surface area contributed by atoms with Gasteiger partial charge in [-0.25, -0.2) is 0 Å². The van der Waals surface area contributed by atoms with Gasteiger partial charge in [0.1, 0.15) is 0 Å². The van der Waals surface area contributed by atoms with Crippen molar-refractivity contribution < 1.29 is 9.47 Å². The van der Waals surface area contributed by atoms with Crippen LogP contribution in [-0.2, 0) is 0 Å². The second-order valence-corrected chi connectivity index (χ2v) is 6.14. The summed E-state index contributed by atoms with van der Waals surface area (Å²) in [4.78, 5) is 1.33. The predicted molar refractivity (Wildman–Crippen MR) is 86.5 cm³/mol. The first kappa shape index (κ1) is 14.4. The summed E-state index contributed by atoms with van der Waals surface area (Å²) in [6.45, 7) is 4.64. The number of benzene rings is 1. The summed E-state index contributed by atoms with van der Waals surface area (Å²) in [5, 5.41) is 5.75. The highest BCUT2D eigenvalue weighted by atomic mass is 32.1. The van der Waals surface area contributed by atoms with E-state index < -0.39 is 0 Å². The highest BCUT2D eigenvalue weighted by Crippen LogP contribution is 2.35. The third-order valence-corrected chi connectivity index (χ3v) is 4.47. The van der Waals surface area contributed by atoms with Gasteiger partial charge in [0, 0.05) is 11.3 Å². The monoisotopic (exact) mass is 303 g/mol. The van der Waals surface area contributed by atoms with Crippen LogP contribution >= 0.6 is 11.3 Å². The lowest BCUT2D eigenvalue weighted by molar-refractivity contribution is 0.297. The fraction of sp³-hybridized carbons (Fsp3) is 0.412. The van der Waals surface area contributed by atoms with Gasteiger partial charge in [0.15, 0.2) is 11.5 Å². The van der Waals surface area contributed by atoms with E-state index in [1.807, 2.05) is 6.07 Å². The maximum Gasteiger partial charge on any atom is 0.161 e. The molecule has 4 heteroatoms. The topological polar surface area (TPSA) is 30.5 Å². The van der Waals surface area contributed by atoms with Crippen molar-refractivity contribution in [3.8, 4) is 11.5 Å². The standard InChI is InChI=1S/C17H21NO2S/c1-2-8-18-17(16-5-3-11-21-16)13-6-7-14-15(12-13)20-10-4-9-19-14/h3,5-7,11-12,17-18H,2,4,8-10H2,1H3. The van der Waals surface area contributed by atoms with Crippen LogP contribution in [0.15, 0.2) is 35.7 Å². The molecule has 21 heavy (non-hydrogen) atoms. The Balaban J connectivity index is 1.90. The Morgan fingerprint density at radius 3 is 2.81 bits per heavy atom. The SMILES string of the molecule is CCCNC(c1ccc2c(c1)OCCCO2)c1cccs1. The van der Waals surface area contributed by atoms with Gasteiger partial charge in [-0.05, 0) is 42.1 Å². The van der Waals surface area contributed by atoms with Crippen molar-refractivity contribution in [2.24, 2.45) is 0 Å². The van der Waals surface area contributed by atoms with E-state index >= 15 is 0 Å². The van der Waals surface area contributed by atoms with Gasteiger partial charge in [-0.15, -0.1) is 11.3 Å². The van der Waals surface area contributed by atoms with E-state index in [0.717, 1.165) is 44.1 Å². The molecular formula is C17H21NO2S. The number of rotatable bonds is 5. The van der Waals surface area contributed by atoms with Crippen molar-refractivity contribution in [3.63, 3.8) is 0 Å². The zero-order chi connectivity index (χ0) is 14.5. The largest absolute Gasteiger partial charge is 0.490 e. The molecule has 112 valence electrons. The number of hydrogen-bond donors (Lipinski definition) is 1. The summed E-state index contributed by atoms with van der Waals surface area (Å²) in [7, 11) is 0. The zero-order valence-electron chi connectivity index (χ0n) is 12.3. The van der Waals surface area contributed by atoms with Gasteiger partial charge in [-0.2, -0.15) is 0 Å². The molecule has 3 nitrogen and oxygen atoms in total. The number of fused-ring (bicyclic) bond motifs is 1. The molecule has 2 heterocycles. The van der Waals surface area contributed by atoms with Crippen molar-refractivity contribution in [1.82, 2.24) is 5.32 Å². The minimum absolute atomic E-state index is 0.224. The summed E-state index contributed by atoms with van der Waals surface area (Å²) in [6, 6.07) is 10.8. The normalized spacial score (nSPS) is 15.5. The number of thiophene rings is 1. The summed E-state index contributed by atoms with van der Waals surface area (Å²) in [6.07, 6.45) is 2.05. The molecule has 0 radical (unpaired) electrons. The number of nitrogens with one attached hydrogen (secondary N) is 1. The van der Waals surface area contributed by atoms with E-state index in [0.29, 0.717) is 0 Å². The second-order valence-electron chi connectivity index (χ2n) is 5.16. The second kappa shape index (κ2) is 6.96. The molecule has 1 aromatic heterocycles. The van der Waals surface area contributed by atoms with E-state index in [4.69, 9.17) is 9.47 Å². The quantitative estimate of drug-likeness (QED) is 0.905. The molecule has 0 saturated heterocycles. The molecule has 1 atom stereocenters. The predicted octanol–water partition coefficient (Wildman–Crippen LogP) is 4.00. The maximum atomic E-state index is 5.81. The van der Waals surface area contributed by atoms with Crippen molar-refractivity contribution in [1.29, 1.82) is 0 Å². The Morgan fingerprint density at radius 2 is 2.05 bits per heavy atom. The van der Waals surface area contributed by atoms with E-state index in [1.165, 1.54) is 10.4 Å². The van der Waals surface area contributed by atoms with Crippen molar-refractivity contribution in [2.45, 2.75) is 25.8 Å². The highest BCUT2D eigenvalue weighted by Gasteiger charge is 2.18. The number of ether oxygens (including phenoxy) is 2. The Labute approximate surface area is 129 Å². The minimum Gasteiger partial charge on any atom is -0.490 e. The Morgan fingerprint density at radius 1 is 1.19 bits per heavy atom. The lowest BCUT2D eigenvalue weighted by Gasteiger charge is -2.19. The van der Waals surface area contributed by atoms with Crippen LogP contribution in [-0.4, -0.2) is 19.8 Å². The molecule has 1 N–H and O–H groups in total. The van der Waals surface area contributed by atoms with Crippen LogP contribution in [0.25, 0.3) is 0 Å². The van der Waals surface area contributed by atoms with Crippen LogP contribution in [0.5, 0.6) is 11.5 Å². The van der Waals surface area contributed by atoms with E-state index in [-0.39, 0.29) is 6.04 Å². The van der Waals surface area contributed by atoms with Gasteiger partial charge in [0.05, 0.1) is 19.3 Å². The molecule has 1 aliphatic rings. The average molecular weight is 303 g/mol. The third-order valence-electron chi connectivity index (χ3n) is 3.53. The van der Waals surface area contributed by atoms with Crippen molar-refractivity contribution >= 4 is 11.3 Å². The molecule has 2 aromatic rings. The van der Waals surface area contributed by atoms with Crippen LogP contribution in [0.4, 0.5) is 0 Å². The van der Waals surface area contributed by atoms with Crippen molar-refractivity contribution in [2.75, 3.05) is 19.8 Å². The van der Waals surface area contributed by atoms with Crippen LogP contribution in [0.1, 0.15) is 36.2 Å². The van der Waals surface area contributed by atoms with Gasteiger partial charge in [-0.1, -0.05) is 19.1 Å². The molecule has 1 aliphatic heterocycles. The molecule has 0 fully saturated rings. The molecule has 0 aliphatic carbocycles. The summed E-state index contributed by atoms with van der Waals surface area (Å²) >= 11 is 1.78. The lowest BCUT2D eigenvalue weighted by atomic mass is 10.0. The summed E-state index contributed by atoms with van der Waals surface area (Å²) in [5.41, 5.74) is 1.23. The average Bonchev–Trinajstić information content (AvgIpc) is 2.93. The highest BCUT2D eigenvalue weighted by molar-refractivity contribution is 7.10. The molecular weight excluding hydrogens is 282 g/mol. The summed E-state index contributed by atoms with van der Waals surface area (Å²) < 4.78 is 11.5. The van der Waals surface area contributed by atoms with E-state index in [2.05, 4.69) is 41.9 Å². The molecule has 0 spiro atoms. The zero-order valence-corrected chi connectivity index (χ0v) is 13.1. The van der Waals surface area contributed by atoms with Crippen LogP contribution < -0.4 is 14.8 Å². The Kier molecular flexibility index (Phi) is 4.78. The maximum absolute atomic E-state index is 5.81. The molecule has 0 bridgehead atoms. The Bertz CT molecular complexity index is 568. The van der Waals surface area contributed by atoms with Gasteiger partial charge in [0.25, 0.3) is 0 Å². The van der Waals surface area contributed by atoms with Gasteiger partial charge in [-0.3, -0.25) is 0 Å². The van der Waals surface area contributed by atoms with Gasteiger partial charge in [0.2, 0.25) is 0 Å². The summed E-state index contributed by atoms with van der Waals surface area (Å²) in [5.74, 6) is 1.72. The smallest absolute Gasteiger partial charge is 0.161 e. The fourth-order valence-corrected chi connectivity index (χ4v) is 3.31. The molecule has 3 rings (SSSR count). The lowest BCUT2D eigenvalue weighted by Crippen LogP contribution is -2.22. The van der Waals surface area contributed by atoms with Crippen LogP contribution in [0.2, 0.25) is 0 Å². The van der Waals surface area contributed by atoms with Crippen LogP contribution in [0.3, 0.4) is 0 Å². The van der Waals surface area contributed by atoms with Crippen molar-refractivity contribution in [3.05, 3.63) is 46.2 Å². The third kappa shape index (κ3) is 3.39. The number of hydrogen-bond acceptors (Lipinski definition) is 4. The molecule has 1 unspecified atom stereocenters. The molecule has 0 amide bonds. The minimum atomic E-state index is 0.224. The van der Waals surface area contributed by atoms with Gasteiger partial charge < -0.3 is 14.8 Å². The fourth-order valence-electron chi connectivity index (χ4n) is 2.49. The first-order valence-electron chi connectivity index (χ1n) is 7.55. The van der Waals surface area contributed by atoms with E-state index in [1.54, 1.807) is 11.3 Å². The Hall–Kier alpha value is -1.52. The molecule has 1 aromatic carbocycles. The van der Waals surface area contributed by atoms with Gasteiger partial charge >= 0.3 is 0 Å². The first-order chi connectivity index (χ1) is 10.4. The first-order valence-corrected chi connectivity index (χ1v) is 8.43.